The van der Waals surface area contributed by atoms with E-state index in [9.17, 15) is 0 Å². The van der Waals surface area contributed by atoms with Gasteiger partial charge in [-0.2, -0.15) is 0 Å². The number of fused-ring (bicyclic) bond motifs is 1. The highest BCUT2D eigenvalue weighted by Crippen LogP contribution is 2.36. The molecular formula is C15H19ClO2. The fourth-order valence-electron chi connectivity index (χ4n) is 2.15. The molecule has 2 nitrogen and oxygen atoms in total. The van der Waals surface area contributed by atoms with Crippen molar-refractivity contribution < 1.29 is 9.47 Å². The minimum absolute atomic E-state index is 0.253. The molecule has 0 spiro atoms. The highest BCUT2D eigenvalue weighted by molar-refractivity contribution is 6.19. The van der Waals surface area contributed by atoms with Crippen molar-refractivity contribution in [3.05, 3.63) is 28.8 Å². The van der Waals surface area contributed by atoms with E-state index in [1.165, 1.54) is 5.56 Å². The molecule has 1 heterocycles. The zero-order valence-electron chi connectivity index (χ0n) is 11.1. The average molecular weight is 267 g/mol. The van der Waals surface area contributed by atoms with Crippen LogP contribution in [-0.2, 0) is 6.42 Å². The lowest BCUT2D eigenvalue weighted by Crippen LogP contribution is -2.05. The summed E-state index contributed by atoms with van der Waals surface area (Å²) in [4.78, 5) is 0. The summed E-state index contributed by atoms with van der Waals surface area (Å²) in [7, 11) is 0. The van der Waals surface area contributed by atoms with E-state index in [1.807, 2.05) is 13.8 Å². The summed E-state index contributed by atoms with van der Waals surface area (Å²) in [6.07, 6.45) is 3.27. The van der Waals surface area contributed by atoms with Crippen LogP contribution in [0.4, 0.5) is 0 Å². The van der Waals surface area contributed by atoms with Gasteiger partial charge in [-0.1, -0.05) is 11.6 Å². The van der Waals surface area contributed by atoms with Crippen LogP contribution >= 0.6 is 11.6 Å². The lowest BCUT2D eigenvalue weighted by atomic mass is 10.0. The van der Waals surface area contributed by atoms with Crippen molar-refractivity contribution in [3.63, 3.8) is 0 Å². The van der Waals surface area contributed by atoms with Gasteiger partial charge in [-0.25, -0.2) is 0 Å². The second kappa shape index (κ2) is 5.66. The largest absolute Gasteiger partial charge is 0.493 e. The molecule has 0 saturated heterocycles. The fraction of sp³-hybridized carbons (Fsp3) is 0.467. The van der Waals surface area contributed by atoms with Crippen LogP contribution in [0.1, 0.15) is 31.9 Å². The molecule has 0 bridgehead atoms. The smallest absolute Gasteiger partial charge is 0.127 e. The lowest BCUT2D eigenvalue weighted by Gasteiger charge is -2.10. The molecule has 1 aliphatic heterocycles. The first-order valence-corrected chi connectivity index (χ1v) is 6.87. The van der Waals surface area contributed by atoms with Crippen LogP contribution in [0.15, 0.2) is 17.7 Å². The summed E-state index contributed by atoms with van der Waals surface area (Å²) >= 11 is 5.83. The number of allylic oxidation sites excluding steroid dienone is 1. The van der Waals surface area contributed by atoms with E-state index in [4.69, 9.17) is 21.1 Å². The predicted molar refractivity (Wildman–Crippen MR) is 75.8 cm³/mol. The number of halogens is 1. The van der Waals surface area contributed by atoms with Crippen molar-refractivity contribution in [2.45, 2.75) is 33.3 Å². The first kappa shape index (κ1) is 13.3. The SMILES string of the molecule is CCOc1cc2c(cc1C=C(C)CCl)OC(C)C2. The average Bonchev–Trinajstić information content (AvgIpc) is 2.69. The molecule has 1 aromatic carbocycles. The molecule has 1 aromatic rings. The fourth-order valence-corrected chi connectivity index (χ4v) is 2.23. The summed E-state index contributed by atoms with van der Waals surface area (Å²) in [5.41, 5.74) is 3.39. The van der Waals surface area contributed by atoms with Gasteiger partial charge in [-0.3, -0.25) is 0 Å². The van der Waals surface area contributed by atoms with E-state index in [2.05, 4.69) is 25.1 Å². The number of ether oxygens (including phenoxy) is 2. The molecule has 0 aliphatic carbocycles. The van der Waals surface area contributed by atoms with E-state index in [-0.39, 0.29) is 6.10 Å². The third-order valence-corrected chi connectivity index (χ3v) is 3.36. The van der Waals surface area contributed by atoms with Crippen LogP contribution in [0.2, 0.25) is 0 Å². The van der Waals surface area contributed by atoms with Crippen LogP contribution in [-0.4, -0.2) is 18.6 Å². The zero-order valence-corrected chi connectivity index (χ0v) is 11.9. The molecule has 18 heavy (non-hydrogen) atoms. The molecule has 0 amide bonds. The van der Waals surface area contributed by atoms with Gasteiger partial charge in [0.2, 0.25) is 0 Å². The Morgan fingerprint density at radius 1 is 1.56 bits per heavy atom. The van der Waals surface area contributed by atoms with E-state index in [1.54, 1.807) is 0 Å². The summed E-state index contributed by atoms with van der Waals surface area (Å²) in [5, 5.41) is 0. The normalized spacial score (nSPS) is 18.4. The first-order chi connectivity index (χ1) is 8.63. The van der Waals surface area contributed by atoms with E-state index in [0.29, 0.717) is 12.5 Å². The van der Waals surface area contributed by atoms with Crippen molar-refractivity contribution in [1.82, 2.24) is 0 Å². The van der Waals surface area contributed by atoms with Crippen LogP contribution in [0.25, 0.3) is 6.08 Å². The highest BCUT2D eigenvalue weighted by Gasteiger charge is 2.21. The Balaban J connectivity index is 2.41. The van der Waals surface area contributed by atoms with E-state index >= 15 is 0 Å². The monoisotopic (exact) mass is 266 g/mol. The maximum atomic E-state index is 5.83. The molecule has 1 unspecified atom stereocenters. The van der Waals surface area contributed by atoms with Gasteiger partial charge in [-0.05, 0) is 32.9 Å². The second-order valence-corrected chi connectivity index (χ2v) is 4.95. The molecule has 2 rings (SSSR count). The van der Waals surface area contributed by atoms with Crippen molar-refractivity contribution in [3.8, 4) is 11.5 Å². The number of rotatable bonds is 4. The maximum Gasteiger partial charge on any atom is 0.127 e. The molecule has 0 radical (unpaired) electrons. The van der Waals surface area contributed by atoms with Crippen molar-refractivity contribution in [2.24, 2.45) is 0 Å². The maximum absolute atomic E-state index is 5.83. The number of hydrogen-bond donors (Lipinski definition) is 0. The Morgan fingerprint density at radius 2 is 2.33 bits per heavy atom. The molecular weight excluding hydrogens is 248 g/mol. The van der Waals surface area contributed by atoms with Crippen LogP contribution in [0.3, 0.4) is 0 Å². The third kappa shape index (κ3) is 2.81. The van der Waals surface area contributed by atoms with Crippen molar-refractivity contribution in [2.75, 3.05) is 12.5 Å². The standard InChI is InChI=1S/C15H19ClO2/c1-4-17-14-7-13-6-11(3)18-15(13)8-12(14)5-10(2)9-16/h5,7-8,11H,4,6,9H2,1-3H3. The lowest BCUT2D eigenvalue weighted by molar-refractivity contribution is 0.254. The van der Waals surface area contributed by atoms with Gasteiger partial charge in [0, 0.05) is 23.4 Å². The quantitative estimate of drug-likeness (QED) is 0.766. The third-order valence-electron chi connectivity index (χ3n) is 2.94. The summed E-state index contributed by atoms with van der Waals surface area (Å²) in [5.74, 6) is 2.41. The molecule has 0 fully saturated rings. The minimum atomic E-state index is 0.253. The van der Waals surface area contributed by atoms with E-state index in [0.717, 1.165) is 29.1 Å². The number of alkyl halides is 1. The molecule has 1 atom stereocenters. The Hall–Kier alpha value is -1.15. The highest BCUT2D eigenvalue weighted by atomic mass is 35.5. The molecule has 0 aromatic heterocycles. The van der Waals surface area contributed by atoms with Gasteiger partial charge in [0.25, 0.3) is 0 Å². The van der Waals surface area contributed by atoms with Gasteiger partial charge in [0.1, 0.15) is 17.6 Å². The van der Waals surface area contributed by atoms with Gasteiger partial charge in [-0.15, -0.1) is 11.6 Å². The molecule has 3 heteroatoms. The summed E-state index contributed by atoms with van der Waals surface area (Å²) < 4.78 is 11.5. The topological polar surface area (TPSA) is 18.5 Å². The molecule has 0 saturated carbocycles. The first-order valence-electron chi connectivity index (χ1n) is 6.33. The zero-order chi connectivity index (χ0) is 13.1. The molecule has 98 valence electrons. The van der Waals surface area contributed by atoms with Crippen LogP contribution in [0, 0.1) is 0 Å². The summed E-state index contributed by atoms with van der Waals surface area (Å²) in [6.45, 7) is 6.75. The van der Waals surface area contributed by atoms with Crippen molar-refractivity contribution >= 4 is 17.7 Å². The predicted octanol–water partition coefficient (Wildman–Crippen LogP) is 4.05. The van der Waals surface area contributed by atoms with Gasteiger partial charge in [0.05, 0.1) is 6.61 Å². The van der Waals surface area contributed by atoms with E-state index < -0.39 is 0 Å². The second-order valence-electron chi connectivity index (χ2n) is 4.69. The Bertz CT molecular complexity index is 466. The van der Waals surface area contributed by atoms with Crippen LogP contribution in [0.5, 0.6) is 11.5 Å². The van der Waals surface area contributed by atoms with Crippen LogP contribution < -0.4 is 9.47 Å². The van der Waals surface area contributed by atoms with Crippen molar-refractivity contribution in [1.29, 1.82) is 0 Å². The Morgan fingerprint density at radius 3 is 3.00 bits per heavy atom. The summed E-state index contributed by atoms with van der Waals surface area (Å²) in [6, 6.07) is 4.15. The molecule has 0 N–H and O–H groups in total. The number of benzene rings is 1. The van der Waals surface area contributed by atoms with Gasteiger partial charge < -0.3 is 9.47 Å². The van der Waals surface area contributed by atoms with Gasteiger partial charge >= 0.3 is 0 Å². The number of hydrogen-bond acceptors (Lipinski definition) is 2. The molecule has 1 aliphatic rings. The Kier molecular flexibility index (Phi) is 4.18. The minimum Gasteiger partial charge on any atom is -0.493 e. The van der Waals surface area contributed by atoms with Gasteiger partial charge in [0.15, 0.2) is 0 Å². The Labute approximate surface area is 114 Å².